The second kappa shape index (κ2) is 6.61. The van der Waals surface area contributed by atoms with Crippen LogP contribution in [-0.2, 0) is 17.6 Å². The molecular weight excluding hydrogens is 266 g/mol. The molecule has 1 aliphatic rings. The molecule has 1 aromatic rings. The van der Waals surface area contributed by atoms with Gasteiger partial charge in [-0.15, -0.1) is 0 Å². The molecular formula is C16H23N3O2. The first-order valence-electron chi connectivity index (χ1n) is 7.49. The number of nitrogens with two attached hydrogens (primary N) is 1. The predicted octanol–water partition coefficient (Wildman–Crippen LogP) is 2.08. The maximum atomic E-state index is 11.8. The number of hydrogen-bond acceptors (Lipinski definition) is 3. The maximum Gasteiger partial charge on any atom is 0.330 e. The Morgan fingerprint density at radius 1 is 1.33 bits per heavy atom. The van der Waals surface area contributed by atoms with E-state index in [4.69, 9.17) is 15.9 Å². The Morgan fingerprint density at radius 2 is 1.90 bits per heavy atom. The molecule has 1 aromatic carbocycles. The Bertz CT molecular complexity index is 525. The molecule has 0 heterocycles. The van der Waals surface area contributed by atoms with Crippen molar-refractivity contribution in [1.82, 2.24) is 5.32 Å². The molecule has 1 aliphatic carbocycles. The fraction of sp³-hybridized carbons (Fsp3) is 0.500. The number of hydrogen-bond donors (Lipinski definition) is 3. The van der Waals surface area contributed by atoms with E-state index < -0.39 is 5.97 Å². The molecule has 0 unspecified atom stereocenters. The average Bonchev–Trinajstić information content (AvgIpc) is 3.29. The Kier molecular flexibility index (Phi) is 4.83. The van der Waals surface area contributed by atoms with Crippen molar-refractivity contribution < 1.29 is 9.53 Å². The zero-order valence-corrected chi connectivity index (χ0v) is 12.7. The number of esters is 1. The summed E-state index contributed by atoms with van der Waals surface area (Å²) in [4.78, 5) is 11.8. The lowest BCUT2D eigenvalue weighted by molar-refractivity contribution is -0.133. The van der Waals surface area contributed by atoms with E-state index in [2.05, 4.69) is 31.3 Å². The predicted molar refractivity (Wildman–Crippen MR) is 82.7 cm³/mol. The summed E-state index contributed by atoms with van der Waals surface area (Å²) in [7, 11) is 0. The van der Waals surface area contributed by atoms with Crippen LogP contribution in [0.3, 0.4) is 0 Å². The monoisotopic (exact) mass is 289 g/mol. The maximum absolute atomic E-state index is 11.8. The highest BCUT2D eigenvalue weighted by molar-refractivity contribution is 5.82. The molecule has 114 valence electrons. The van der Waals surface area contributed by atoms with Gasteiger partial charge in [-0.2, -0.15) is 0 Å². The molecule has 21 heavy (non-hydrogen) atoms. The van der Waals surface area contributed by atoms with Gasteiger partial charge in [0.25, 0.3) is 0 Å². The van der Waals surface area contributed by atoms with Crippen LogP contribution in [0.4, 0.5) is 0 Å². The zero-order valence-electron chi connectivity index (χ0n) is 12.7. The standard InChI is InChI=1S/C16H23N3O2/c1-3-10-7-13(12-5-6-12)8-11(4-2)15(10)21-14(20)9-19-16(17)18/h7-8,12H,3-6,9H2,1-2H3,(H4,17,18,19). The Hall–Kier alpha value is -2.04. The van der Waals surface area contributed by atoms with E-state index in [1.165, 1.54) is 18.4 Å². The summed E-state index contributed by atoms with van der Waals surface area (Å²) in [5.41, 5.74) is 8.69. The summed E-state index contributed by atoms with van der Waals surface area (Å²) in [6, 6.07) is 4.33. The minimum Gasteiger partial charge on any atom is -0.425 e. The van der Waals surface area contributed by atoms with Crippen molar-refractivity contribution >= 4 is 11.9 Å². The average molecular weight is 289 g/mol. The van der Waals surface area contributed by atoms with Crippen LogP contribution in [0.2, 0.25) is 0 Å². The number of ether oxygens (including phenoxy) is 1. The summed E-state index contributed by atoms with van der Waals surface area (Å²) in [6.45, 7) is 4.04. The Morgan fingerprint density at radius 3 is 2.33 bits per heavy atom. The molecule has 0 aliphatic heterocycles. The van der Waals surface area contributed by atoms with Crippen LogP contribution in [0.5, 0.6) is 5.75 Å². The van der Waals surface area contributed by atoms with Crippen molar-refractivity contribution in [3.63, 3.8) is 0 Å². The largest absolute Gasteiger partial charge is 0.425 e. The lowest BCUT2D eigenvalue weighted by Gasteiger charge is -2.15. The van der Waals surface area contributed by atoms with Crippen LogP contribution in [0.1, 0.15) is 49.3 Å². The van der Waals surface area contributed by atoms with Gasteiger partial charge in [0, 0.05) is 0 Å². The topological polar surface area (TPSA) is 88.2 Å². The highest BCUT2D eigenvalue weighted by Crippen LogP contribution is 2.42. The van der Waals surface area contributed by atoms with Gasteiger partial charge in [0.05, 0.1) is 0 Å². The van der Waals surface area contributed by atoms with Gasteiger partial charge in [0.15, 0.2) is 5.96 Å². The molecule has 0 aromatic heterocycles. The second-order valence-corrected chi connectivity index (χ2v) is 5.39. The van der Waals surface area contributed by atoms with Gasteiger partial charge in [-0.3, -0.25) is 5.41 Å². The number of benzene rings is 1. The quantitative estimate of drug-likeness (QED) is 0.324. The molecule has 0 bridgehead atoms. The first-order chi connectivity index (χ1) is 10.0. The van der Waals surface area contributed by atoms with E-state index in [-0.39, 0.29) is 12.5 Å². The third-order valence-corrected chi connectivity index (χ3v) is 3.71. The van der Waals surface area contributed by atoms with Crippen LogP contribution in [0, 0.1) is 5.41 Å². The molecule has 1 saturated carbocycles. The van der Waals surface area contributed by atoms with Gasteiger partial charge in [-0.25, -0.2) is 4.79 Å². The van der Waals surface area contributed by atoms with Gasteiger partial charge in [0.1, 0.15) is 12.3 Å². The van der Waals surface area contributed by atoms with Crippen molar-refractivity contribution in [3.8, 4) is 5.75 Å². The summed E-state index contributed by atoms with van der Waals surface area (Å²) >= 11 is 0. The molecule has 4 N–H and O–H groups in total. The SMILES string of the molecule is CCc1cc(C2CC2)cc(CC)c1OC(=O)CNC(=N)N. The molecule has 0 saturated heterocycles. The van der Waals surface area contributed by atoms with Crippen LogP contribution < -0.4 is 15.8 Å². The number of carbonyl (C=O) groups is 1. The minimum absolute atomic E-state index is 0.0913. The number of guanidine groups is 1. The fourth-order valence-corrected chi connectivity index (χ4v) is 2.41. The van der Waals surface area contributed by atoms with Crippen LogP contribution in [0.25, 0.3) is 0 Å². The van der Waals surface area contributed by atoms with Crippen molar-refractivity contribution in [2.75, 3.05) is 6.54 Å². The van der Waals surface area contributed by atoms with Gasteiger partial charge >= 0.3 is 5.97 Å². The molecule has 0 spiro atoms. The lowest BCUT2D eigenvalue weighted by Crippen LogP contribution is -2.36. The van der Waals surface area contributed by atoms with Crippen LogP contribution in [0.15, 0.2) is 12.1 Å². The highest BCUT2D eigenvalue weighted by Gasteiger charge is 2.25. The molecule has 0 atom stereocenters. The van der Waals surface area contributed by atoms with E-state index in [0.29, 0.717) is 11.7 Å². The van der Waals surface area contributed by atoms with E-state index in [1.54, 1.807) is 0 Å². The van der Waals surface area contributed by atoms with Crippen molar-refractivity contribution in [2.24, 2.45) is 5.73 Å². The molecule has 5 heteroatoms. The minimum atomic E-state index is -0.422. The molecule has 0 amide bonds. The van der Waals surface area contributed by atoms with Crippen LogP contribution >= 0.6 is 0 Å². The van der Waals surface area contributed by atoms with Crippen LogP contribution in [-0.4, -0.2) is 18.5 Å². The molecule has 0 radical (unpaired) electrons. The fourth-order valence-electron chi connectivity index (χ4n) is 2.41. The Balaban J connectivity index is 2.20. The normalized spacial score (nSPS) is 13.8. The number of rotatable bonds is 6. The molecule has 1 fully saturated rings. The second-order valence-electron chi connectivity index (χ2n) is 5.39. The number of nitrogens with one attached hydrogen (secondary N) is 2. The van der Waals surface area contributed by atoms with Gasteiger partial charge in [-0.05, 0) is 48.3 Å². The van der Waals surface area contributed by atoms with Crippen molar-refractivity contribution in [3.05, 3.63) is 28.8 Å². The first kappa shape index (κ1) is 15.4. The van der Waals surface area contributed by atoms with Gasteiger partial charge in [-0.1, -0.05) is 26.0 Å². The molecule has 5 nitrogen and oxygen atoms in total. The van der Waals surface area contributed by atoms with E-state index >= 15 is 0 Å². The van der Waals surface area contributed by atoms with Crippen molar-refractivity contribution in [2.45, 2.75) is 45.4 Å². The zero-order chi connectivity index (χ0) is 15.4. The van der Waals surface area contributed by atoms with Crippen molar-refractivity contribution in [1.29, 1.82) is 5.41 Å². The summed E-state index contributed by atoms with van der Waals surface area (Å²) in [5.74, 6) is 0.709. The third kappa shape index (κ3) is 3.97. The summed E-state index contributed by atoms with van der Waals surface area (Å²) < 4.78 is 5.51. The highest BCUT2D eigenvalue weighted by atomic mass is 16.5. The van der Waals surface area contributed by atoms with E-state index in [1.807, 2.05) is 0 Å². The number of carbonyl (C=O) groups excluding carboxylic acids is 1. The van der Waals surface area contributed by atoms with Gasteiger partial charge in [0.2, 0.25) is 0 Å². The third-order valence-electron chi connectivity index (χ3n) is 3.71. The van der Waals surface area contributed by atoms with Gasteiger partial charge < -0.3 is 15.8 Å². The smallest absolute Gasteiger partial charge is 0.330 e. The Labute approximate surface area is 125 Å². The summed E-state index contributed by atoms with van der Waals surface area (Å²) in [5, 5.41) is 9.53. The molecule has 2 rings (SSSR count). The lowest BCUT2D eigenvalue weighted by atomic mass is 9.98. The van der Waals surface area contributed by atoms with E-state index in [0.717, 1.165) is 24.0 Å². The number of aryl methyl sites for hydroxylation is 2. The summed E-state index contributed by atoms with van der Waals surface area (Å²) in [6.07, 6.45) is 4.18. The van der Waals surface area contributed by atoms with E-state index in [9.17, 15) is 4.79 Å². The first-order valence-corrected chi connectivity index (χ1v) is 7.49.